The fourth-order valence-corrected chi connectivity index (χ4v) is 3.41. The smallest absolute Gasteiger partial charge is 0.304 e. The molecule has 0 bridgehead atoms. The number of hydrogen-bond acceptors (Lipinski definition) is 5. The number of carbonyl (C=O) groups excluding carboxylic acids is 1. The molecule has 1 aliphatic rings. The summed E-state index contributed by atoms with van der Waals surface area (Å²) in [5, 5.41) is 13.1. The van der Waals surface area contributed by atoms with Crippen molar-refractivity contribution in [1.82, 2.24) is 14.6 Å². The Hall–Kier alpha value is -3.22. The molecule has 0 aliphatic heterocycles. The van der Waals surface area contributed by atoms with E-state index in [2.05, 4.69) is 10.1 Å². The van der Waals surface area contributed by atoms with Crippen LogP contribution in [0, 0.1) is 5.92 Å². The maximum atomic E-state index is 12.5. The van der Waals surface area contributed by atoms with Crippen LogP contribution in [0.3, 0.4) is 0 Å². The van der Waals surface area contributed by atoms with E-state index in [9.17, 15) is 9.59 Å². The molecule has 7 heteroatoms. The summed E-state index contributed by atoms with van der Waals surface area (Å²) < 4.78 is 1.57. The summed E-state index contributed by atoms with van der Waals surface area (Å²) in [6.45, 7) is 0. The van der Waals surface area contributed by atoms with E-state index in [0.29, 0.717) is 29.9 Å². The number of hydrogen-bond donors (Lipinski definition) is 2. The molecular formula is C18H16N4O3. The van der Waals surface area contributed by atoms with Gasteiger partial charge in [-0.3, -0.25) is 9.59 Å². The Morgan fingerprint density at radius 1 is 1.32 bits per heavy atom. The van der Waals surface area contributed by atoms with Gasteiger partial charge < -0.3 is 10.8 Å². The van der Waals surface area contributed by atoms with Gasteiger partial charge in [0.25, 0.3) is 0 Å². The van der Waals surface area contributed by atoms with Gasteiger partial charge in [-0.05, 0) is 24.0 Å². The van der Waals surface area contributed by atoms with Crippen LogP contribution >= 0.6 is 0 Å². The summed E-state index contributed by atoms with van der Waals surface area (Å²) in [4.78, 5) is 27.7. The summed E-state index contributed by atoms with van der Waals surface area (Å²) in [6, 6.07) is 7.29. The molecule has 3 N–H and O–H groups in total. The third kappa shape index (κ3) is 2.53. The topological polar surface area (TPSA) is 111 Å². The van der Waals surface area contributed by atoms with Crippen molar-refractivity contribution in [1.29, 1.82) is 0 Å². The van der Waals surface area contributed by atoms with Crippen LogP contribution < -0.4 is 5.73 Å². The van der Waals surface area contributed by atoms with Crippen molar-refractivity contribution in [3.8, 4) is 11.1 Å². The molecule has 2 aromatic heterocycles. The Kier molecular flexibility index (Phi) is 3.49. The number of ketones is 1. The van der Waals surface area contributed by atoms with Crippen LogP contribution in [0.2, 0.25) is 0 Å². The molecule has 1 aliphatic carbocycles. The van der Waals surface area contributed by atoms with Crippen molar-refractivity contribution >= 4 is 23.2 Å². The van der Waals surface area contributed by atoms with Crippen LogP contribution in [-0.2, 0) is 11.2 Å². The number of aromatic nitrogens is 3. The SMILES string of the molecule is Nc1c(-c2ccc3c(c2)CCC(CC(=O)O)C3=O)cnc2ccnn12. The van der Waals surface area contributed by atoms with E-state index in [-0.39, 0.29) is 12.2 Å². The first-order valence-corrected chi connectivity index (χ1v) is 8.02. The zero-order valence-corrected chi connectivity index (χ0v) is 13.3. The van der Waals surface area contributed by atoms with Gasteiger partial charge >= 0.3 is 5.97 Å². The molecule has 0 spiro atoms. The second-order valence-electron chi connectivity index (χ2n) is 6.23. The van der Waals surface area contributed by atoms with Crippen LogP contribution in [0.15, 0.2) is 36.7 Å². The number of fused-ring (bicyclic) bond motifs is 2. The van der Waals surface area contributed by atoms with Crippen LogP contribution in [0.25, 0.3) is 16.8 Å². The number of carbonyl (C=O) groups is 2. The molecule has 0 radical (unpaired) electrons. The molecule has 4 rings (SSSR count). The lowest BCUT2D eigenvalue weighted by molar-refractivity contribution is -0.137. The highest BCUT2D eigenvalue weighted by molar-refractivity contribution is 6.02. The Balaban J connectivity index is 1.73. The number of nitrogen functional groups attached to an aromatic ring is 1. The molecule has 7 nitrogen and oxygen atoms in total. The van der Waals surface area contributed by atoms with E-state index < -0.39 is 11.9 Å². The molecule has 1 atom stereocenters. The molecule has 126 valence electrons. The Labute approximate surface area is 143 Å². The average Bonchev–Trinajstić information content (AvgIpc) is 3.07. The third-order valence-corrected chi connectivity index (χ3v) is 4.69. The van der Waals surface area contributed by atoms with Crippen LogP contribution in [-0.4, -0.2) is 31.5 Å². The molecule has 0 saturated carbocycles. The number of anilines is 1. The van der Waals surface area contributed by atoms with Crippen molar-refractivity contribution in [2.75, 3.05) is 5.73 Å². The van der Waals surface area contributed by atoms with Gasteiger partial charge in [-0.1, -0.05) is 18.2 Å². The quantitative estimate of drug-likeness (QED) is 0.758. The van der Waals surface area contributed by atoms with E-state index in [0.717, 1.165) is 16.7 Å². The van der Waals surface area contributed by atoms with E-state index in [1.807, 2.05) is 12.1 Å². The van der Waals surface area contributed by atoms with E-state index in [1.165, 1.54) is 0 Å². The number of nitrogens with two attached hydrogens (primary N) is 1. The van der Waals surface area contributed by atoms with Gasteiger partial charge in [-0.15, -0.1) is 0 Å². The number of aliphatic carboxylic acids is 1. The normalized spacial score (nSPS) is 16.8. The Morgan fingerprint density at radius 2 is 2.16 bits per heavy atom. The number of rotatable bonds is 3. The van der Waals surface area contributed by atoms with Gasteiger partial charge in [0.2, 0.25) is 0 Å². The number of aryl methyl sites for hydroxylation is 1. The summed E-state index contributed by atoms with van der Waals surface area (Å²) in [7, 11) is 0. The molecule has 1 aromatic carbocycles. The standard InChI is InChI=1S/C18H16N4O3/c19-18-14(9-20-15-5-6-21-22(15)18)11-3-4-13-10(7-11)1-2-12(17(13)25)8-16(23)24/h3-7,9,12H,1-2,8,19H2,(H,23,24). The van der Waals surface area contributed by atoms with Crippen LogP contribution in [0.5, 0.6) is 0 Å². The largest absolute Gasteiger partial charge is 0.481 e. The van der Waals surface area contributed by atoms with Crippen molar-refractivity contribution < 1.29 is 14.7 Å². The molecule has 3 aromatic rings. The predicted molar refractivity (Wildman–Crippen MR) is 91.2 cm³/mol. The van der Waals surface area contributed by atoms with Gasteiger partial charge in [0.15, 0.2) is 11.4 Å². The zero-order valence-electron chi connectivity index (χ0n) is 13.3. The highest BCUT2D eigenvalue weighted by Crippen LogP contribution is 2.32. The van der Waals surface area contributed by atoms with Crippen molar-refractivity contribution in [3.05, 3.63) is 47.8 Å². The number of carboxylic acid groups (broad SMARTS) is 1. The lowest BCUT2D eigenvalue weighted by Crippen LogP contribution is -2.25. The molecule has 0 saturated heterocycles. The predicted octanol–water partition coefficient (Wildman–Crippen LogP) is 2.20. The Bertz CT molecular complexity index is 1010. The molecule has 1 unspecified atom stereocenters. The second kappa shape index (κ2) is 5.70. The van der Waals surface area contributed by atoms with Crippen LogP contribution in [0.1, 0.15) is 28.8 Å². The lowest BCUT2D eigenvalue weighted by Gasteiger charge is -2.22. The molecule has 25 heavy (non-hydrogen) atoms. The van der Waals surface area contributed by atoms with Gasteiger partial charge in [0.1, 0.15) is 5.82 Å². The highest BCUT2D eigenvalue weighted by atomic mass is 16.4. The number of benzene rings is 1. The third-order valence-electron chi connectivity index (χ3n) is 4.69. The summed E-state index contributed by atoms with van der Waals surface area (Å²) >= 11 is 0. The highest BCUT2D eigenvalue weighted by Gasteiger charge is 2.29. The van der Waals surface area contributed by atoms with Gasteiger partial charge in [0, 0.05) is 29.3 Å². The molecule has 2 heterocycles. The van der Waals surface area contributed by atoms with Gasteiger partial charge in [-0.25, -0.2) is 4.98 Å². The molecule has 0 fully saturated rings. The summed E-state index contributed by atoms with van der Waals surface area (Å²) in [6.07, 6.45) is 4.44. The maximum absolute atomic E-state index is 12.5. The zero-order chi connectivity index (χ0) is 17.6. The van der Waals surface area contributed by atoms with Gasteiger partial charge in [0.05, 0.1) is 12.6 Å². The number of carboxylic acids is 1. The average molecular weight is 336 g/mol. The summed E-state index contributed by atoms with van der Waals surface area (Å²) in [5.41, 5.74) is 10.0. The molecular weight excluding hydrogens is 320 g/mol. The van der Waals surface area contributed by atoms with E-state index >= 15 is 0 Å². The number of Topliss-reactive ketones (excluding diaryl/α,β-unsaturated/α-hetero) is 1. The maximum Gasteiger partial charge on any atom is 0.304 e. The van der Waals surface area contributed by atoms with E-state index in [1.54, 1.807) is 29.0 Å². The first-order chi connectivity index (χ1) is 12.0. The lowest BCUT2D eigenvalue weighted by atomic mass is 9.80. The Morgan fingerprint density at radius 3 is 2.96 bits per heavy atom. The van der Waals surface area contributed by atoms with Crippen LogP contribution in [0.4, 0.5) is 5.82 Å². The minimum Gasteiger partial charge on any atom is -0.481 e. The van der Waals surface area contributed by atoms with Crippen molar-refractivity contribution in [2.45, 2.75) is 19.3 Å². The summed E-state index contributed by atoms with van der Waals surface area (Å²) in [5.74, 6) is -0.988. The monoisotopic (exact) mass is 336 g/mol. The number of nitrogens with zero attached hydrogens (tertiary/aromatic N) is 3. The fourth-order valence-electron chi connectivity index (χ4n) is 3.41. The minimum atomic E-state index is -0.940. The second-order valence-corrected chi connectivity index (χ2v) is 6.23. The minimum absolute atomic E-state index is 0.0937. The fraction of sp³-hybridized carbons (Fsp3) is 0.222. The molecule has 0 amide bonds. The van der Waals surface area contributed by atoms with E-state index in [4.69, 9.17) is 10.8 Å². The first kappa shape index (κ1) is 15.3. The first-order valence-electron chi connectivity index (χ1n) is 8.02. The van der Waals surface area contributed by atoms with Crippen molar-refractivity contribution in [3.63, 3.8) is 0 Å². The van der Waals surface area contributed by atoms with Crippen molar-refractivity contribution in [2.24, 2.45) is 5.92 Å². The van der Waals surface area contributed by atoms with Gasteiger partial charge in [-0.2, -0.15) is 9.61 Å².